The van der Waals surface area contributed by atoms with Crippen molar-refractivity contribution in [1.29, 1.82) is 0 Å². The Hall–Kier alpha value is -1.41. The first-order chi connectivity index (χ1) is 13.0. The van der Waals surface area contributed by atoms with Crippen LogP contribution in [0.4, 0.5) is 0 Å². The molecule has 28 heavy (non-hydrogen) atoms. The average molecular weight is 431 g/mol. The summed E-state index contributed by atoms with van der Waals surface area (Å²) in [6.07, 6.45) is 1.57. The lowest BCUT2D eigenvalue weighted by molar-refractivity contribution is -0.211. The molecule has 0 bridgehead atoms. The third-order valence-electron chi connectivity index (χ3n) is 4.99. The van der Waals surface area contributed by atoms with Gasteiger partial charge in [-0.2, -0.15) is 0 Å². The Kier molecular flexibility index (Phi) is 6.97. The molecule has 0 aliphatic heterocycles. The number of pyridine rings is 1. The predicted molar refractivity (Wildman–Crippen MR) is 110 cm³/mol. The van der Waals surface area contributed by atoms with Gasteiger partial charge in [0.15, 0.2) is 11.4 Å². The zero-order valence-electron chi connectivity index (χ0n) is 17.0. The number of rotatable bonds is 4. The smallest absolute Gasteiger partial charge is 0.220 e. The van der Waals surface area contributed by atoms with Crippen LogP contribution in [0.2, 0.25) is 10.2 Å². The molecule has 0 spiro atoms. The van der Waals surface area contributed by atoms with Gasteiger partial charge in [-0.15, -0.1) is 0 Å². The lowest BCUT2D eigenvalue weighted by Gasteiger charge is -2.30. The summed E-state index contributed by atoms with van der Waals surface area (Å²) in [5.74, 6) is -2.28. The molecule has 9 heteroatoms. The van der Waals surface area contributed by atoms with Crippen LogP contribution in [0.5, 0.6) is 0 Å². The molecular weight excluding hydrogens is 403 g/mol. The molecule has 3 rings (SSSR count). The summed E-state index contributed by atoms with van der Waals surface area (Å²) in [6.45, 7) is 10.8. The standard InChI is InChI=1S/C17H22Cl2N4O3.C2H6/c1-7-9(15(20)24)5-10(26-17(3,4)25)13(7)23-6-21-12-11(18)8(2)14(19)22-16(12)23;1-2/h6-7,9-10,13,25H,5H2,1-4H3,(H2,20,24);1-2H3/t7-,9?,10+,13?;/m0./s1. The van der Waals surface area contributed by atoms with E-state index in [0.717, 1.165) is 0 Å². The Morgan fingerprint density at radius 2 is 2.00 bits per heavy atom. The van der Waals surface area contributed by atoms with Gasteiger partial charge in [0, 0.05) is 11.5 Å². The van der Waals surface area contributed by atoms with Crippen LogP contribution >= 0.6 is 23.2 Å². The molecule has 156 valence electrons. The highest BCUT2D eigenvalue weighted by Gasteiger charge is 2.47. The Labute approximate surface area is 175 Å². The zero-order valence-corrected chi connectivity index (χ0v) is 18.5. The average Bonchev–Trinajstić information content (AvgIpc) is 3.14. The van der Waals surface area contributed by atoms with Gasteiger partial charge in [0.2, 0.25) is 5.91 Å². The van der Waals surface area contributed by atoms with E-state index in [4.69, 9.17) is 33.7 Å². The molecule has 2 unspecified atom stereocenters. The van der Waals surface area contributed by atoms with Gasteiger partial charge in [-0.3, -0.25) is 4.79 Å². The third-order valence-corrected chi connectivity index (χ3v) is 5.82. The van der Waals surface area contributed by atoms with Crippen LogP contribution in [0.15, 0.2) is 6.33 Å². The molecule has 1 aliphatic carbocycles. The molecule has 1 fully saturated rings. The van der Waals surface area contributed by atoms with Crippen LogP contribution in [-0.2, 0) is 9.53 Å². The number of carbonyl (C=O) groups is 1. The van der Waals surface area contributed by atoms with Gasteiger partial charge in [-0.25, -0.2) is 9.97 Å². The Morgan fingerprint density at radius 1 is 1.39 bits per heavy atom. The fraction of sp³-hybridized carbons (Fsp3) is 0.632. The summed E-state index contributed by atoms with van der Waals surface area (Å²) in [4.78, 5) is 20.7. The van der Waals surface area contributed by atoms with E-state index in [9.17, 15) is 9.90 Å². The van der Waals surface area contributed by atoms with Gasteiger partial charge in [-0.05, 0) is 33.1 Å². The number of aromatic nitrogens is 3. The molecule has 0 radical (unpaired) electrons. The molecule has 1 amide bonds. The van der Waals surface area contributed by atoms with E-state index in [1.165, 1.54) is 0 Å². The molecule has 0 saturated heterocycles. The predicted octanol–water partition coefficient (Wildman–Crippen LogP) is 3.87. The maximum atomic E-state index is 11.9. The van der Waals surface area contributed by atoms with Gasteiger partial charge in [0.05, 0.1) is 23.5 Å². The van der Waals surface area contributed by atoms with E-state index < -0.39 is 17.8 Å². The monoisotopic (exact) mass is 430 g/mol. The molecule has 3 N–H and O–H groups in total. The van der Waals surface area contributed by atoms with Gasteiger partial charge in [0.1, 0.15) is 10.7 Å². The summed E-state index contributed by atoms with van der Waals surface area (Å²) in [6, 6.07) is -0.300. The first kappa shape index (κ1) is 22.9. The molecule has 7 nitrogen and oxygen atoms in total. The fourth-order valence-corrected chi connectivity index (χ4v) is 4.21. The Balaban J connectivity index is 0.00000136. The van der Waals surface area contributed by atoms with Gasteiger partial charge >= 0.3 is 0 Å². The zero-order chi connectivity index (χ0) is 21.4. The van der Waals surface area contributed by atoms with Crippen molar-refractivity contribution in [2.24, 2.45) is 17.6 Å². The normalized spacial score (nSPS) is 24.9. The maximum Gasteiger partial charge on any atom is 0.220 e. The largest absolute Gasteiger partial charge is 0.369 e. The molecule has 1 aliphatic rings. The summed E-state index contributed by atoms with van der Waals surface area (Å²) >= 11 is 12.6. The van der Waals surface area contributed by atoms with Crippen molar-refractivity contribution >= 4 is 40.3 Å². The Morgan fingerprint density at radius 3 is 2.54 bits per heavy atom. The minimum Gasteiger partial charge on any atom is -0.369 e. The molecule has 2 aromatic rings. The quantitative estimate of drug-likeness (QED) is 0.565. The number of aliphatic hydroxyl groups is 1. The minimum absolute atomic E-state index is 0.141. The maximum absolute atomic E-state index is 11.9. The number of amides is 1. The van der Waals surface area contributed by atoms with Crippen LogP contribution in [0.25, 0.3) is 11.2 Å². The van der Waals surface area contributed by atoms with Crippen molar-refractivity contribution in [3.63, 3.8) is 0 Å². The van der Waals surface area contributed by atoms with E-state index >= 15 is 0 Å². The van der Waals surface area contributed by atoms with E-state index in [0.29, 0.717) is 33.3 Å². The highest BCUT2D eigenvalue weighted by atomic mass is 35.5. The topological polar surface area (TPSA) is 103 Å². The van der Waals surface area contributed by atoms with Crippen molar-refractivity contribution in [2.45, 2.75) is 65.9 Å². The van der Waals surface area contributed by atoms with Crippen LogP contribution in [0, 0.1) is 18.8 Å². The lowest BCUT2D eigenvalue weighted by Crippen LogP contribution is -2.34. The molecule has 1 saturated carbocycles. The van der Waals surface area contributed by atoms with Crippen LogP contribution in [0.1, 0.15) is 52.6 Å². The number of fused-ring (bicyclic) bond motifs is 1. The number of primary amides is 1. The molecular formula is C19H28Cl2N4O3. The second kappa shape index (κ2) is 8.53. The third kappa shape index (κ3) is 4.27. The Bertz CT molecular complexity index is 863. The van der Waals surface area contributed by atoms with Crippen LogP contribution in [0.3, 0.4) is 0 Å². The number of imidazole rings is 1. The van der Waals surface area contributed by atoms with Crippen molar-refractivity contribution in [1.82, 2.24) is 14.5 Å². The summed E-state index contributed by atoms with van der Waals surface area (Å²) < 4.78 is 7.64. The molecule has 0 aromatic carbocycles. The van der Waals surface area contributed by atoms with Crippen molar-refractivity contribution in [3.05, 3.63) is 22.1 Å². The number of carbonyl (C=O) groups excluding carboxylic acids is 1. The summed E-state index contributed by atoms with van der Waals surface area (Å²) in [7, 11) is 0. The van der Waals surface area contributed by atoms with Crippen molar-refractivity contribution in [3.8, 4) is 0 Å². The number of nitrogens with zero attached hydrogens (tertiary/aromatic N) is 3. The highest BCUT2D eigenvalue weighted by molar-refractivity contribution is 6.38. The number of nitrogens with two attached hydrogens (primary N) is 1. The van der Waals surface area contributed by atoms with Gasteiger partial charge < -0.3 is 20.1 Å². The summed E-state index contributed by atoms with van der Waals surface area (Å²) in [5, 5.41) is 10.9. The van der Waals surface area contributed by atoms with Gasteiger partial charge in [-0.1, -0.05) is 44.0 Å². The van der Waals surface area contributed by atoms with E-state index in [1.807, 2.05) is 25.3 Å². The molecule has 2 heterocycles. The van der Waals surface area contributed by atoms with Gasteiger partial charge in [0.25, 0.3) is 0 Å². The van der Waals surface area contributed by atoms with Crippen molar-refractivity contribution < 1.29 is 14.6 Å². The lowest BCUT2D eigenvalue weighted by atomic mass is 9.95. The number of hydrogen-bond acceptors (Lipinski definition) is 5. The van der Waals surface area contributed by atoms with E-state index in [-0.39, 0.29) is 17.9 Å². The second-order valence-electron chi connectivity index (χ2n) is 7.36. The fourth-order valence-electron chi connectivity index (χ4n) is 3.76. The van der Waals surface area contributed by atoms with Crippen LogP contribution < -0.4 is 5.73 Å². The number of hydrogen-bond donors (Lipinski definition) is 2. The molecule has 2 aromatic heterocycles. The number of halogens is 2. The molecule has 4 atom stereocenters. The van der Waals surface area contributed by atoms with Crippen molar-refractivity contribution in [2.75, 3.05) is 0 Å². The van der Waals surface area contributed by atoms with Crippen LogP contribution in [-0.4, -0.2) is 37.4 Å². The van der Waals surface area contributed by atoms with E-state index in [1.54, 1.807) is 27.1 Å². The van der Waals surface area contributed by atoms with E-state index in [2.05, 4.69) is 9.97 Å². The highest BCUT2D eigenvalue weighted by Crippen LogP contribution is 2.44. The first-order valence-electron chi connectivity index (χ1n) is 9.39. The SMILES string of the molecule is CC.Cc1c(Cl)nc2c(ncn2C2[C@@H](C)C(C(N)=O)C[C@H]2OC(C)(C)O)c1Cl. The summed E-state index contributed by atoms with van der Waals surface area (Å²) in [5.41, 5.74) is 7.27. The first-order valence-corrected chi connectivity index (χ1v) is 10.1. The number of ether oxygens (including phenoxy) is 1. The minimum atomic E-state index is -1.36. The second-order valence-corrected chi connectivity index (χ2v) is 8.10.